The van der Waals surface area contributed by atoms with Gasteiger partial charge in [-0.15, -0.1) is 11.8 Å². The zero-order chi connectivity index (χ0) is 24.6. The van der Waals surface area contributed by atoms with Crippen molar-refractivity contribution in [1.29, 1.82) is 0 Å². The SMILES string of the molecule is COc1ccc(N2C(=O)CSC23C(=O)N2c4c(cccc43)C(C)(c3ccccc3)CC2(C)C)cc1. The summed E-state index contributed by atoms with van der Waals surface area (Å²) in [5, 5.41) is 0. The summed E-state index contributed by atoms with van der Waals surface area (Å²) in [4.78, 5) is 30.4. The molecular weight excluding hydrogens is 456 g/mol. The number of ether oxygens (including phenoxy) is 1. The fourth-order valence-corrected chi connectivity index (χ4v) is 7.77. The molecule has 3 aliphatic heterocycles. The topological polar surface area (TPSA) is 49.9 Å². The van der Waals surface area contributed by atoms with Crippen LogP contribution in [0.3, 0.4) is 0 Å². The van der Waals surface area contributed by atoms with E-state index in [2.05, 4.69) is 51.1 Å². The molecule has 6 heteroatoms. The maximum Gasteiger partial charge on any atom is 0.269 e. The molecule has 2 atom stereocenters. The second kappa shape index (κ2) is 7.37. The van der Waals surface area contributed by atoms with Crippen molar-refractivity contribution >= 4 is 35.0 Å². The van der Waals surface area contributed by atoms with Crippen molar-refractivity contribution in [1.82, 2.24) is 0 Å². The van der Waals surface area contributed by atoms with E-state index in [9.17, 15) is 9.59 Å². The molecule has 35 heavy (non-hydrogen) atoms. The van der Waals surface area contributed by atoms with Crippen LogP contribution < -0.4 is 14.5 Å². The number of hydrogen-bond acceptors (Lipinski definition) is 4. The van der Waals surface area contributed by atoms with Crippen LogP contribution in [0.15, 0.2) is 72.8 Å². The number of fused-ring (bicyclic) bond motifs is 1. The summed E-state index contributed by atoms with van der Waals surface area (Å²) in [5.74, 6) is 0.870. The highest BCUT2D eigenvalue weighted by Gasteiger charge is 2.65. The average molecular weight is 485 g/mol. The first kappa shape index (κ1) is 22.2. The number of benzene rings is 3. The molecule has 3 aliphatic rings. The summed E-state index contributed by atoms with van der Waals surface area (Å²) in [6.07, 6.45) is 0.781. The number of methoxy groups -OCH3 is 1. The van der Waals surface area contributed by atoms with Crippen molar-refractivity contribution in [2.75, 3.05) is 22.7 Å². The molecule has 3 aromatic carbocycles. The summed E-state index contributed by atoms with van der Waals surface area (Å²) in [5.41, 5.74) is 4.23. The van der Waals surface area contributed by atoms with Crippen LogP contribution in [-0.4, -0.2) is 30.2 Å². The molecule has 0 N–H and O–H groups in total. The first-order valence-corrected chi connectivity index (χ1v) is 12.9. The molecule has 1 saturated heterocycles. The van der Waals surface area contributed by atoms with Crippen LogP contribution >= 0.6 is 11.8 Å². The smallest absolute Gasteiger partial charge is 0.269 e. The Kier molecular flexibility index (Phi) is 4.68. The number of para-hydroxylation sites is 1. The number of rotatable bonds is 3. The van der Waals surface area contributed by atoms with E-state index in [0.717, 1.165) is 23.2 Å². The van der Waals surface area contributed by atoms with Crippen molar-refractivity contribution in [2.45, 2.75) is 43.0 Å². The van der Waals surface area contributed by atoms with Gasteiger partial charge in [0.2, 0.25) is 10.8 Å². The molecule has 0 saturated carbocycles. The maximum absolute atomic E-state index is 14.5. The molecule has 2 amide bonds. The number of hydrogen-bond donors (Lipinski definition) is 0. The Morgan fingerprint density at radius 3 is 2.20 bits per heavy atom. The monoisotopic (exact) mass is 484 g/mol. The number of anilines is 2. The molecule has 0 aliphatic carbocycles. The van der Waals surface area contributed by atoms with Crippen LogP contribution in [0.5, 0.6) is 5.75 Å². The number of thioether (sulfide) groups is 1. The van der Waals surface area contributed by atoms with Gasteiger partial charge in [0.1, 0.15) is 5.75 Å². The highest BCUT2D eigenvalue weighted by atomic mass is 32.2. The van der Waals surface area contributed by atoms with Crippen molar-refractivity contribution in [3.63, 3.8) is 0 Å². The van der Waals surface area contributed by atoms with Crippen LogP contribution in [0.4, 0.5) is 11.4 Å². The second-order valence-electron chi connectivity index (χ2n) is 10.4. The molecule has 6 rings (SSSR count). The minimum absolute atomic E-state index is 0.0354. The fourth-order valence-electron chi connectivity index (χ4n) is 6.44. The zero-order valence-corrected chi connectivity index (χ0v) is 21.2. The summed E-state index contributed by atoms with van der Waals surface area (Å²) >= 11 is 1.43. The molecule has 1 fully saturated rings. The van der Waals surface area contributed by atoms with E-state index >= 15 is 0 Å². The van der Waals surface area contributed by atoms with Crippen LogP contribution in [0, 0.1) is 0 Å². The van der Waals surface area contributed by atoms with E-state index in [4.69, 9.17) is 4.74 Å². The lowest BCUT2D eigenvalue weighted by molar-refractivity contribution is -0.124. The number of carbonyl (C=O) groups excluding carboxylic acids is 2. The Bertz CT molecular complexity index is 1350. The summed E-state index contributed by atoms with van der Waals surface area (Å²) in [6, 6.07) is 24.2. The number of nitrogens with zero attached hydrogens (tertiary/aromatic N) is 2. The van der Waals surface area contributed by atoms with Crippen LogP contribution in [0.2, 0.25) is 0 Å². The van der Waals surface area contributed by atoms with Gasteiger partial charge in [0.25, 0.3) is 5.91 Å². The van der Waals surface area contributed by atoms with Gasteiger partial charge >= 0.3 is 0 Å². The highest BCUT2D eigenvalue weighted by molar-refractivity contribution is 8.02. The first-order valence-electron chi connectivity index (χ1n) is 11.9. The lowest BCUT2D eigenvalue weighted by atomic mass is 9.65. The van der Waals surface area contributed by atoms with Gasteiger partial charge in [-0.1, -0.05) is 55.5 Å². The zero-order valence-electron chi connectivity index (χ0n) is 20.4. The molecule has 0 aromatic heterocycles. The average Bonchev–Trinajstić information content (AvgIpc) is 3.34. The minimum Gasteiger partial charge on any atom is -0.497 e. The third kappa shape index (κ3) is 2.83. The molecule has 2 unspecified atom stereocenters. The number of carbonyl (C=O) groups is 2. The van der Waals surface area contributed by atoms with Crippen LogP contribution in [-0.2, 0) is 19.9 Å². The minimum atomic E-state index is -1.11. The molecule has 1 spiro atoms. The lowest BCUT2D eigenvalue weighted by Crippen LogP contribution is -2.58. The highest BCUT2D eigenvalue weighted by Crippen LogP contribution is 2.62. The van der Waals surface area contributed by atoms with Gasteiger partial charge in [0, 0.05) is 22.2 Å². The van der Waals surface area contributed by atoms with Gasteiger partial charge in [-0.2, -0.15) is 0 Å². The summed E-state index contributed by atoms with van der Waals surface area (Å²) in [6.45, 7) is 6.56. The third-order valence-corrected chi connectivity index (χ3v) is 9.20. The predicted molar refractivity (Wildman–Crippen MR) is 140 cm³/mol. The molecular formula is C29H28N2O3S. The van der Waals surface area contributed by atoms with Gasteiger partial charge < -0.3 is 9.64 Å². The van der Waals surface area contributed by atoms with Crippen molar-refractivity contribution < 1.29 is 14.3 Å². The predicted octanol–water partition coefficient (Wildman–Crippen LogP) is 5.46. The lowest BCUT2D eigenvalue weighted by Gasteiger charge is -2.50. The first-order chi connectivity index (χ1) is 16.7. The van der Waals surface area contributed by atoms with Crippen molar-refractivity contribution in [3.05, 3.63) is 89.5 Å². The Labute approximate surface area is 210 Å². The van der Waals surface area contributed by atoms with Crippen molar-refractivity contribution in [2.24, 2.45) is 0 Å². The van der Waals surface area contributed by atoms with E-state index in [1.54, 1.807) is 12.0 Å². The molecule has 3 aromatic rings. The maximum atomic E-state index is 14.5. The van der Waals surface area contributed by atoms with Gasteiger partial charge in [0.05, 0.1) is 18.6 Å². The van der Waals surface area contributed by atoms with E-state index in [1.165, 1.54) is 17.3 Å². The van der Waals surface area contributed by atoms with E-state index < -0.39 is 10.4 Å². The van der Waals surface area contributed by atoms with Gasteiger partial charge in [-0.25, -0.2) is 0 Å². The second-order valence-corrected chi connectivity index (χ2v) is 11.6. The molecule has 0 bridgehead atoms. The van der Waals surface area contributed by atoms with Gasteiger partial charge in [-0.05, 0) is 55.7 Å². The standard InChI is InChI=1S/C29H28N2O3S/c1-27(2)18-28(3,19-9-6-5-7-10-19)22-11-8-12-23-25(22)31(27)26(33)29(23)30(24(32)17-35-29)20-13-15-21(34-4)16-14-20/h5-16H,17-18H2,1-4H3. The quantitative estimate of drug-likeness (QED) is 0.495. The Morgan fingerprint density at radius 1 is 0.829 bits per heavy atom. The Hall–Kier alpha value is -3.25. The summed E-state index contributed by atoms with van der Waals surface area (Å²) < 4.78 is 5.32. The van der Waals surface area contributed by atoms with Gasteiger partial charge in [0.15, 0.2) is 0 Å². The van der Waals surface area contributed by atoms with Crippen LogP contribution in [0.25, 0.3) is 0 Å². The number of amides is 2. The summed E-state index contributed by atoms with van der Waals surface area (Å²) in [7, 11) is 1.62. The molecule has 0 radical (unpaired) electrons. The van der Waals surface area contributed by atoms with Gasteiger partial charge in [-0.3, -0.25) is 14.5 Å². The van der Waals surface area contributed by atoms with E-state index in [0.29, 0.717) is 11.4 Å². The van der Waals surface area contributed by atoms with E-state index in [-0.39, 0.29) is 23.0 Å². The van der Waals surface area contributed by atoms with E-state index in [1.807, 2.05) is 47.4 Å². The van der Waals surface area contributed by atoms with Crippen LogP contribution in [0.1, 0.15) is 43.9 Å². The normalized spacial score (nSPS) is 26.4. The fraction of sp³-hybridized carbons (Fsp3) is 0.310. The van der Waals surface area contributed by atoms with Crippen molar-refractivity contribution in [3.8, 4) is 5.75 Å². The molecule has 3 heterocycles. The third-order valence-electron chi connectivity index (χ3n) is 7.81. The molecule has 5 nitrogen and oxygen atoms in total. The largest absolute Gasteiger partial charge is 0.497 e. The Morgan fingerprint density at radius 2 is 1.51 bits per heavy atom. The molecule has 178 valence electrons. The Balaban J connectivity index is 1.60.